The summed E-state index contributed by atoms with van der Waals surface area (Å²) >= 11 is 0. The van der Waals surface area contributed by atoms with Gasteiger partial charge >= 0.3 is 6.18 Å². The minimum absolute atomic E-state index is 0.0239. The van der Waals surface area contributed by atoms with Gasteiger partial charge in [0.05, 0.1) is 12.1 Å². The summed E-state index contributed by atoms with van der Waals surface area (Å²) < 4.78 is 52.1. The van der Waals surface area contributed by atoms with Crippen LogP contribution >= 0.6 is 0 Å². The van der Waals surface area contributed by atoms with Gasteiger partial charge in [-0.15, -0.1) is 0 Å². The number of likely N-dealkylation sites (N-methyl/N-ethyl adjacent to an activating group) is 1. The first-order valence-electron chi connectivity index (χ1n) is 8.18. The zero-order valence-electron chi connectivity index (χ0n) is 14.3. The summed E-state index contributed by atoms with van der Waals surface area (Å²) in [7, 11) is 0. The van der Waals surface area contributed by atoms with E-state index in [1.165, 1.54) is 24.3 Å². The molecule has 1 amide bonds. The van der Waals surface area contributed by atoms with Gasteiger partial charge in [-0.05, 0) is 35.9 Å². The average Bonchev–Trinajstić information content (AvgIpc) is 2.60. The van der Waals surface area contributed by atoms with Crippen LogP contribution in [0.5, 0.6) is 0 Å². The zero-order chi connectivity index (χ0) is 19.2. The molecule has 0 aliphatic rings. The van der Waals surface area contributed by atoms with Crippen molar-refractivity contribution >= 4 is 5.91 Å². The fourth-order valence-corrected chi connectivity index (χ4v) is 2.52. The first kappa shape index (κ1) is 19.9. The average molecular weight is 368 g/mol. The number of alkyl halides is 3. The first-order valence-corrected chi connectivity index (χ1v) is 8.18. The lowest BCUT2D eigenvalue weighted by Gasteiger charge is -2.22. The number of amides is 1. The Labute approximate surface area is 149 Å². The molecule has 0 aliphatic carbocycles. The Morgan fingerprint density at radius 2 is 1.73 bits per heavy atom. The van der Waals surface area contributed by atoms with Gasteiger partial charge in [-0.2, -0.15) is 13.2 Å². The molecule has 0 radical (unpaired) electrons. The van der Waals surface area contributed by atoms with Crippen LogP contribution in [0.2, 0.25) is 0 Å². The summed E-state index contributed by atoms with van der Waals surface area (Å²) in [5, 5.41) is 2.69. The maximum Gasteiger partial charge on any atom is 0.416 e. The van der Waals surface area contributed by atoms with Gasteiger partial charge in [0.2, 0.25) is 5.91 Å². The van der Waals surface area contributed by atoms with Gasteiger partial charge in [0.15, 0.2) is 0 Å². The van der Waals surface area contributed by atoms with Gasteiger partial charge < -0.3 is 5.32 Å². The third-order valence-corrected chi connectivity index (χ3v) is 3.93. The molecule has 0 saturated carbocycles. The molecule has 0 aromatic heterocycles. The second-order valence-corrected chi connectivity index (χ2v) is 5.86. The van der Waals surface area contributed by atoms with Crippen molar-refractivity contribution in [1.29, 1.82) is 0 Å². The van der Waals surface area contributed by atoms with Crippen molar-refractivity contribution in [3.63, 3.8) is 0 Å². The number of hydrogen-bond donors (Lipinski definition) is 1. The summed E-state index contributed by atoms with van der Waals surface area (Å²) in [6.45, 7) is 2.44. The lowest BCUT2D eigenvalue weighted by molar-refractivity contribution is -0.138. The Bertz CT molecular complexity index is 729. The van der Waals surface area contributed by atoms with E-state index in [-0.39, 0.29) is 36.9 Å². The van der Waals surface area contributed by atoms with Crippen molar-refractivity contribution < 1.29 is 22.4 Å². The van der Waals surface area contributed by atoms with Crippen LogP contribution in [0.25, 0.3) is 0 Å². The van der Waals surface area contributed by atoms with E-state index in [1.54, 1.807) is 30.0 Å². The number of benzene rings is 2. The molecular weight excluding hydrogens is 348 g/mol. The standard InChI is InChI=1S/C19H20F4N2O/c1-2-25(12-15-5-3-4-6-17(15)19(21,22)23)13-18(26)24-11-14-7-9-16(20)10-8-14/h3-10H,2,11-13H2,1H3,(H,24,26). The van der Waals surface area contributed by atoms with Crippen LogP contribution in [0.1, 0.15) is 23.6 Å². The van der Waals surface area contributed by atoms with E-state index in [0.29, 0.717) is 6.54 Å². The van der Waals surface area contributed by atoms with E-state index in [2.05, 4.69) is 5.32 Å². The molecule has 0 heterocycles. The monoisotopic (exact) mass is 368 g/mol. The number of nitrogens with zero attached hydrogens (tertiary/aromatic N) is 1. The van der Waals surface area contributed by atoms with Crippen molar-refractivity contribution in [2.45, 2.75) is 26.2 Å². The van der Waals surface area contributed by atoms with E-state index in [0.717, 1.165) is 11.6 Å². The van der Waals surface area contributed by atoms with Gasteiger partial charge in [-0.3, -0.25) is 9.69 Å². The van der Waals surface area contributed by atoms with Gasteiger partial charge in [-0.1, -0.05) is 37.3 Å². The van der Waals surface area contributed by atoms with Crippen LogP contribution in [-0.2, 0) is 24.1 Å². The van der Waals surface area contributed by atoms with Crippen molar-refractivity contribution in [2.75, 3.05) is 13.1 Å². The molecule has 26 heavy (non-hydrogen) atoms. The fourth-order valence-electron chi connectivity index (χ4n) is 2.52. The number of hydrogen-bond acceptors (Lipinski definition) is 2. The predicted octanol–water partition coefficient (Wildman–Crippen LogP) is 3.98. The summed E-state index contributed by atoms with van der Waals surface area (Å²) in [6, 6.07) is 11.1. The van der Waals surface area contributed by atoms with Gasteiger partial charge in [0.1, 0.15) is 5.82 Å². The molecule has 2 aromatic rings. The molecule has 0 saturated heterocycles. The molecule has 0 fully saturated rings. The summed E-state index contributed by atoms with van der Waals surface area (Å²) in [6.07, 6.45) is -4.43. The minimum Gasteiger partial charge on any atom is -0.351 e. The highest BCUT2D eigenvalue weighted by Crippen LogP contribution is 2.32. The molecule has 3 nitrogen and oxygen atoms in total. The van der Waals surface area contributed by atoms with E-state index in [4.69, 9.17) is 0 Å². The molecule has 0 aliphatic heterocycles. The van der Waals surface area contributed by atoms with Crippen LogP contribution in [0.4, 0.5) is 17.6 Å². The Kier molecular flexibility index (Phi) is 6.74. The van der Waals surface area contributed by atoms with Crippen molar-refractivity contribution in [1.82, 2.24) is 10.2 Å². The van der Waals surface area contributed by atoms with Gasteiger partial charge in [0, 0.05) is 13.1 Å². The normalized spacial score (nSPS) is 11.6. The Morgan fingerprint density at radius 3 is 2.35 bits per heavy atom. The third kappa shape index (κ3) is 5.84. The van der Waals surface area contributed by atoms with E-state index in [1.807, 2.05) is 0 Å². The maximum absolute atomic E-state index is 13.1. The number of carbonyl (C=O) groups excluding carboxylic acids is 1. The van der Waals surface area contributed by atoms with Crippen molar-refractivity contribution in [3.05, 3.63) is 71.0 Å². The highest BCUT2D eigenvalue weighted by atomic mass is 19.4. The molecular formula is C19H20F4N2O. The number of carbonyl (C=O) groups is 1. The molecule has 0 unspecified atom stereocenters. The van der Waals surface area contributed by atoms with Crippen LogP contribution in [0.3, 0.4) is 0 Å². The second-order valence-electron chi connectivity index (χ2n) is 5.86. The van der Waals surface area contributed by atoms with Gasteiger partial charge in [-0.25, -0.2) is 4.39 Å². The quantitative estimate of drug-likeness (QED) is 0.750. The van der Waals surface area contributed by atoms with E-state index >= 15 is 0 Å². The number of rotatable bonds is 7. The van der Waals surface area contributed by atoms with Gasteiger partial charge in [0.25, 0.3) is 0 Å². The molecule has 140 valence electrons. The lowest BCUT2D eigenvalue weighted by Crippen LogP contribution is -2.36. The third-order valence-electron chi connectivity index (χ3n) is 3.93. The lowest BCUT2D eigenvalue weighted by atomic mass is 10.1. The Morgan fingerprint density at radius 1 is 1.08 bits per heavy atom. The van der Waals surface area contributed by atoms with Crippen molar-refractivity contribution in [3.8, 4) is 0 Å². The number of halogens is 4. The Balaban J connectivity index is 1.95. The topological polar surface area (TPSA) is 32.3 Å². The number of nitrogens with one attached hydrogen (secondary N) is 1. The second kappa shape index (κ2) is 8.80. The molecule has 2 rings (SSSR count). The summed E-state index contributed by atoms with van der Waals surface area (Å²) in [5.74, 6) is -0.666. The highest BCUT2D eigenvalue weighted by Gasteiger charge is 2.33. The van der Waals surface area contributed by atoms with Crippen molar-refractivity contribution in [2.24, 2.45) is 0 Å². The van der Waals surface area contributed by atoms with E-state index < -0.39 is 11.7 Å². The largest absolute Gasteiger partial charge is 0.416 e. The van der Waals surface area contributed by atoms with Crippen LogP contribution in [0, 0.1) is 5.82 Å². The summed E-state index contributed by atoms with van der Waals surface area (Å²) in [4.78, 5) is 13.7. The minimum atomic E-state index is -4.43. The van der Waals surface area contributed by atoms with Crippen LogP contribution in [-0.4, -0.2) is 23.9 Å². The molecule has 7 heteroatoms. The first-order chi connectivity index (χ1) is 12.3. The fraction of sp³-hybridized carbons (Fsp3) is 0.316. The molecule has 0 bridgehead atoms. The van der Waals surface area contributed by atoms with E-state index in [9.17, 15) is 22.4 Å². The maximum atomic E-state index is 13.1. The van der Waals surface area contributed by atoms with Crippen LogP contribution < -0.4 is 5.32 Å². The predicted molar refractivity (Wildman–Crippen MR) is 90.6 cm³/mol. The highest BCUT2D eigenvalue weighted by molar-refractivity contribution is 5.78. The Hall–Kier alpha value is -2.41. The molecule has 2 aromatic carbocycles. The molecule has 0 spiro atoms. The smallest absolute Gasteiger partial charge is 0.351 e. The molecule has 0 atom stereocenters. The summed E-state index contributed by atoms with van der Waals surface area (Å²) in [5.41, 5.74) is 0.184. The zero-order valence-corrected chi connectivity index (χ0v) is 14.3. The SMILES string of the molecule is CCN(CC(=O)NCc1ccc(F)cc1)Cc1ccccc1C(F)(F)F. The van der Waals surface area contributed by atoms with Crippen LogP contribution in [0.15, 0.2) is 48.5 Å². The molecule has 1 N–H and O–H groups in total.